The summed E-state index contributed by atoms with van der Waals surface area (Å²) in [7, 11) is -1.76. The Kier molecular flexibility index (Phi) is 4.25. The number of hydrogen-bond donors (Lipinski definition) is 0. The lowest BCUT2D eigenvalue weighted by molar-refractivity contribution is 0.384. The van der Waals surface area contributed by atoms with Crippen molar-refractivity contribution >= 4 is 33.2 Å². The van der Waals surface area contributed by atoms with E-state index in [0.717, 1.165) is 18.5 Å². The minimum Gasteiger partial charge on any atom is -0.353 e. The molecule has 0 spiro atoms. The van der Waals surface area contributed by atoms with Gasteiger partial charge in [0.25, 0.3) is 0 Å². The molecule has 1 atom stereocenters. The van der Waals surface area contributed by atoms with Gasteiger partial charge >= 0.3 is 0 Å². The second-order valence-corrected chi connectivity index (χ2v) is 8.10. The van der Waals surface area contributed by atoms with Gasteiger partial charge in [-0.25, -0.2) is 8.42 Å². The van der Waals surface area contributed by atoms with E-state index < -0.39 is 10.0 Å². The van der Waals surface area contributed by atoms with E-state index in [9.17, 15) is 8.42 Å². The second-order valence-electron chi connectivity index (χ2n) is 5.39. The standard InChI is InChI=1S/C15H16Cl2N2O2S/c1-18-8-2-4-13(18)14-5-3-9-19(14)22(20,21)15-10-11(16)6-7-12(15)17/h2,4,6-8,10,14H,3,5,9H2,1H3. The number of halogens is 2. The molecule has 1 aromatic carbocycles. The van der Waals surface area contributed by atoms with Crippen LogP contribution in [0.3, 0.4) is 0 Å². The molecule has 1 saturated heterocycles. The van der Waals surface area contributed by atoms with E-state index in [1.54, 1.807) is 6.07 Å². The average Bonchev–Trinajstić information content (AvgIpc) is 3.09. The van der Waals surface area contributed by atoms with Crippen LogP contribution in [0.15, 0.2) is 41.4 Å². The first kappa shape index (κ1) is 15.9. The summed E-state index contributed by atoms with van der Waals surface area (Å²) < 4.78 is 29.5. The summed E-state index contributed by atoms with van der Waals surface area (Å²) in [5.74, 6) is 0. The Morgan fingerprint density at radius 1 is 1.23 bits per heavy atom. The zero-order valence-corrected chi connectivity index (χ0v) is 14.4. The summed E-state index contributed by atoms with van der Waals surface area (Å²) in [4.78, 5) is 0.0720. The Labute approximate surface area is 140 Å². The van der Waals surface area contributed by atoms with E-state index in [4.69, 9.17) is 23.2 Å². The van der Waals surface area contributed by atoms with Gasteiger partial charge in [-0.05, 0) is 43.2 Å². The molecule has 7 heteroatoms. The SMILES string of the molecule is Cn1cccc1C1CCCN1S(=O)(=O)c1cc(Cl)ccc1Cl. The molecule has 22 heavy (non-hydrogen) atoms. The second kappa shape index (κ2) is 5.89. The maximum Gasteiger partial charge on any atom is 0.245 e. The Hall–Kier alpha value is -1.01. The van der Waals surface area contributed by atoms with Gasteiger partial charge in [0, 0.05) is 30.5 Å². The normalized spacial score (nSPS) is 19.7. The number of hydrogen-bond acceptors (Lipinski definition) is 2. The maximum absolute atomic E-state index is 13.0. The van der Waals surface area contributed by atoms with Gasteiger partial charge in [-0.2, -0.15) is 4.31 Å². The summed E-state index contributed by atoms with van der Waals surface area (Å²) >= 11 is 12.0. The van der Waals surface area contributed by atoms with Gasteiger partial charge in [-0.3, -0.25) is 0 Å². The molecule has 0 saturated carbocycles. The van der Waals surface area contributed by atoms with Crippen LogP contribution in [0.25, 0.3) is 0 Å². The highest BCUT2D eigenvalue weighted by Crippen LogP contribution is 2.38. The summed E-state index contributed by atoms with van der Waals surface area (Å²) in [6.07, 6.45) is 3.55. The molecule has 1 aliphatic rings. The highest BCUT2D eigenvalue weighted by molar-refractivity contribution is 7.89. The van der Waals surface area contributed by atoms with Crippen LogP contribution in [0, 0.1) is 0 Å². The molecule has 0 N–H and O–H groups in total. The first-order chi connectivity index (χ1) is 10.4. The maximum atomic E-state index is 13.0. The zero-order valence-electron chi connectivity index (χ0n) is 12.0. The molecular formula is C15H16Cl2N2O2S. The van der Waals surface area contributed by atoms with E-state index >= 15 is 0 Å². The number of sulfonamides is 1. The van der Waals surface area contributed by atoms with Gasteiger partial charge in [-0.1, -0.05) is 23.2 Å². The minimum atomic E-state index is -3.68. The minimum absolute atomic E-state index is 0.0720. The molecule has 3 rings (SSSR count). The number of aromatic nitrogens is 1. The van der Waals surface area contributed by atoms with Gasteiger partial charge in [0.1, 0.15) is 4.90 Å². The molecule has 118 valence electrons. The Morgan fingerprint density at radius 2 is 2.00 bits per heavy atom. The highest BCUT2D eigenvalue weighted by Gasteiger charge is 2.38. The number of aryl methyl sites for hydroxylation is 1. The third-order valence-corrected chi connectivity index (χ3v) is 6.63. The largest absolute Gasteiger partial charge is 0.353 e. The third kappa shape index (κ3) is 2.67. The van der Waals surface area contributed by atoms with Gasteiger partial charge in [0.2, 0.25) is 10.0 Å². The van der Waals surface area contributed by atoms with Crippen LogP contribution < -0.4 is 0 Å². The van der Waals surface area contributed by atoms with Crippen molar-refractivity contribution in [2.75, 3.05) is 6.54 Å². The van der Waals surface area contributed by atoms with Gasteiger partial charge in [0.05, 0.1) is 11.1 Å². The Morgan fingerprint density at radius 3 is 2.68 bits per heavy atom. The molecule has 1 aromatic heterocycles. The Bertz CT molecular complexity index is 802. The molecule has 0 aliphatic carbocycles. The van der Waals surface area contributed by atoms with Crippen LogP contribution in [-0.2, 0) is 17.1 Å². The molecule has 2 aromatic rings. The van der Waals surface area contributed by atoms with Crippen LogP contribution in [0.4, 0.5) is 0 Å². The van der Waals surface area contributed by atoms with Crippen LogP contribution in [0.2, 0.25) is 10.0 Å². The van der Waals surface area contributed by atoms with Crippen molar-refractivity contribution in [3.8, 4) is 0 Å². The first-order valence-electron chi connectivity index (χ1n) is 6.99. The molecule has 1 aliphatic heterocycles. The summed E-state index contributed by atoms with van der Waals surface area (Å²) in [6.45, 7) is 0.487. The fourth-order valence-corrected chi connectivity index (χ4v) is 5.35. The number of benzene rings is 1. The Balaban J connectivity index is 2.05. The van der Waals surface area contributed by atoms with Crippen LogP contribution >= 0.6 is 23.2 Å². The molecule has 0 bridgehead atoms. The predicted molar refractivity (Wildman–Crippen MR) is 87.7 cm³/mol. The van der Waals surface area contributed by atoms with Crippen molar-refractivity contribution in [3.63, 3.8) is 0 Å². The average molecular weight is 359 g/mol. The predicted octanol–water partition coefficient (Wildman–Crippen LogP) is 3.86. The number of nitrogens with zero attached hydrogens (tertiary/aromatic N) is 2. The number of rotatable bonds is 3. The lowest BCUT2D eigenvalue weighted by Crippen LogP contribution is -2.31. The van der Waals surface area contributed by atoms with Gasteiger partial charge in [0.15, 0.2) is 0 Å². The first-order valence-corrected chi connectivity index (χ1v) is 9.19. The van der Waals surface area contributed by atoms with Crippen molar-refractivity contribution in [2.24, 2.45) is 7.05 Å². The van der Waals surface area contributed by atoms with Crippen LogP contribution in [0.1, 0.15) is 24.6 Å². The van der Waals surface area contributed by atoms with Gasteiger partial charge < -0.3 is 4.57 Å². The van der Waals surface area contributed by atoms with Crippen LogP contribution in [0.5, 0.6) is 0 Å². The monoisotopic (exact) mass is 358 g/mol. The fraction of sp³-hybridized carbons (Fsp3) is 0.333. The van der Waals surface area contributed by atoms with Crippen molar-refractivity contribution in [1.29, 1.82) is 0 Å². The molecule has 1 fully saturated rings. The molecule has 2 heterocycles. The third-order valence-electron chi connectivity index (χ3n) is 4.01. The van der Waals surface area contributed by atoms with E-state index in [-0.39, 0.29) is 16.0 Å². The van der Waals surface area contributed by atoms with Crippen molar-refractivity contribution in [3.05, 3.63) is 52.3 Å². The lowest BCUT2D eigenvalue weighted by Gasteiger charge is -2.25. The molecule has 4 nitrogen and oxygen atoms in total. The molecule has 0 amide bonds. The van der Waals surface area contributed by atoms with E-state index in [0.29, 0.717) is 11.6 Å². The topological polar surface area (TPSA) is 42.3 Å². The fourth-order valence-electron chi connectivity index (χ4n) is 2.95. The molecule has 1 unspecified atom stereocenters. The van der Waals surface area contributed by atoms with E-state index in [1.807, 2.05) is 29.9 Å². The summed E-state index contributed by atoms with van der Waals surface area (Å²) in [5.41, 5.74) is 0.985. The van der Waals surface area contributed by atoms with Crippen molar-refractivity contribution in [2.45, 2.75) is 23.8 Å². The smallest absolute Gasteiger partial charge is 0.245 e. The van der Waals surface area contributed by atoms with E-state index in [1.165, 1.54) is 16.4 Å². The lowest BCUT2D eigenvalue weighted by atomic mass is 10.1. The van der Waals surface area contributed by atoms with Crippen LogP contribution in [-0.4, -0.2) is 23.8 Å². The summed E-state index contributed by atoms with van der Waals surface area (Å²) in [6, 6.07) is 8.23. The molecular weight excluding hydrogens is 343 g/mol. The summed E-state index contributed by atoms with van der Waals surface area (Å²) in [5, 5.41) is 0.555. The van der Waals surface area contributed by atoms with Crippen molar-refractivity contribution < 1.29 is 8.42 Å². The quantitative estimate of drug-likeness (QED) is 0.835. The van der Waals surface area contributed by atoms with Crippen molar-refractivity contribution in [1.82, 2.24) is 8.87 Å². The molecule has 0 radical (unpaired) electrons. The van der Waals surface area contributed by atoms with E-state index in [2.05, 4.69) is 0 Å². The van der Waals surface area contributed by atoms with Gasteiger partial charge in [-0.15, -0.1) is 0 Å². The zero-order chi connectivity index (χ0) is 15.9. The highest BCUT2D eigenvalue weighted by atomic mass is 35.5.